The molecule has 0 unspecified atom stereocenters. The van der Waals surface area contributed by atoms with E-state index in [1.165, 1.54) is 12.1 Å². The number of halogens is 5. The number of ether oxygens (including phenoxy) is 1. The van der Waals surface area contributed by atoms with Crippen molar-refractivity contribution >= 4 is 21.6 Å². The van der Waals surface area contributed by atoms with Crippen LogP contribution in [0, 0.1) is 0 Å². The molecule has 1 aromatic carbocycles. The minimum absolute atomic E-state index is 0.351. The standard InChI is InChI=1S/C9H8BrF4NO/c1-15-6-3-2-4-7(5-6)16-9(13,14)8(10,11)12/h2-5,15H,1H3. The fourth-order valence-electron chi connectivity index (χ4n) is 0.921. The van der Waals surface area contributed by atoms with Crippen molar-refractivity contribution in [3.63, 3.8) is 0 Å². The lowest BCUT2D eigenvalue weighted by Gasteiger charge is -2.22. The summed E-state index contributed by atoms with van der Waals surface area (Å²) in [6, 6.07) is 5.33. The number of hydrogen-bond donors (Lipinski definition) is 1. The largest absolute Gasteiger partial charge is 0.475 e. The Bertz CT molecular complexity index is 367. The van der Waals surface area contributed by atoms with Crippen LogP contribution in [-0.2, 0) is 0 Å². The summed E-state index contributed by atoms with van der Waals surface area (Å²) in [5.74, 6) is -0.351. The van der Waals surface area contributed by atoms with E-state index in [2.05, 4.69) is 10.1 Å². The normalized spacial score (nSPS) is 12.4. The molecule has 0 aromatic heterocycles. The van der Waals surface area contributed by atoms with Crippen LogP contribution >= 0.6 is 15.9 Å². The Morgan fingerprint density at radius 3 is 2.38 bits per heavy atom. The first-order chi connectivity index (χ1) is 7.26. The molecule has 0 amide bonds. The van der Waals surface area contributed by atoms with Gasteiger partial charge in [-0.1, -0.05) is 6.07 Å². The van der Waals surface area contributed by atoms with Gasteiger partial charge in [-0.15, -0.1) is 0 Å². The Morgan fingerprint density at radius 2 is 1.88 bits per heavy atom. The molecule has 2 nitrogen and oxygen atoms in total. The molecule has 0 radical (unpaired) electrons. The quantitative estimate of drug-likeness (QED) is 0.676. The van der Waals surface area contributed by atoms with Crippen LogP contribution in [0.3, 0.4) is 0 Å². The summed E-state index contributed by atoms with van der Waals surface area (Å²) in [5, 5.41) is 2.67. The molecule has 0 aliphatic heterocycles. The second-order valence-corrected chi connectivity index (χ2v) is 3.89. The number of rotatable bonds is 4. The molecule has 0 spiro atoms. The molecule has 0 aliphatic rings. The van der Waals surface area contributed by atoms with E-state index in [-0.39, 0.29) is 5.75 Å². The Labute approximate surface area is 97.7 Å². The van der Waals surface area contributed by atoms with E-state index in [4.69, 9.17) is 0 Å². The molecule has 1 rings (SSSR count). The predicted octanol–water partition coefficient (Wildman–Crippen LogP) is 3.69. The molecular formula is C9H8BrF4NO. The summed E-state index contributed by atoms with van der Waals surface area (Å²) in [6.07, 6.45) is -4.61. The summed E-state index contributed by atoms with van der Waals surface area (Å²) < 4.78 is 54.4. The first-order valence-electron chi connectivity index (χ1n) is 4.17. The van der Waals surface area contributed by atoms with Gasteiger partial charge in [-0.25, -0.2) is 0 Å². The summed E-state index contributed by atoms with van der Waals surface area (Å²) in [6.45, 7) is 0. The zero-order chi connectivity index (χ0) is 12.4. The van der Waals surface area contributed by atoms with Gasteiger partial charge in [0.2, 0.25) is 0 Å². The Morgan fingerprint density at radius 1 is 1.25 bits per heavy atom. The highest BCUT2D eigenvalue weighted by Crippen LogP contribution is 2.40. The lowest BCUT2D eigenvalue weighted by Crippen LogP contribution is -2.40. The van der Waals surface area contributed by atoms with Gasteiger partial charge in [0.05, 0.1) is 0 Å². The molecule has 0 heterocycles. The zero-order valence-corrected chi connectivity index (χ0v) is 9.69. The van der Waals surface area contributed by atoms with Crippen molar-refractivity contribution in [3.8, 4) is 5.75 Å². The molecule has 0 saturated carbocycles. The van der Waals surface area contributed by atoms with Crippen molar-refractivity contribution in [2.75, 3.05) is 12.4 Å². The molecule has 1 N–H and O–H groups in total. The van der Waals surface area contributed by atoms with E-state index in [0.717, 1.165) is 6.07 Å². The molecule has 0 atom stereocenters. The lowest BCUT2D eigenvalue weighted by molar-refractivity contribution is -0.266. The van der Waals surface area contributed by atoms with Gasteiger partial charge >= 0.3 is 10.9 Å². The fourth-order valence-corrected chi connectivity index (χ4v) is 1.00. The van der Waals surface area contributed by atoms with Gasteiger partial charge in [-0.05, 0) is 12.1 Å². The first kappa shape index (κ1) is 13.1. The Kier molecular flexibility index (Phi) is 3.67. The third kappa shape index (κ3) is 3.01. The molecule has 0 bridgehead atoms. The summed E-state index contributed by atoms with van der Waals surface area (Å²) in [5.41, 5.74) is 0.478. The average molecular weight is 302 g/mol. The molecule has 1 aromatic rings. The van der Waals surface area contributed by atoms with Crippen LogP contribution in [0.5, 0.6) is 5.75 Å². The van der Waals surface area contributed by atoms with E-state index >= 15 is 0 Å². The molecule has 7 heteroatoms. The SMILES string of the molecule is CNc1cccc(OC(F)(F)C(F)(F)Br)c1. The molecule has 0 saturated heterocycles. The molecule has 0 aliphatic carbocycles. The van der Waals surface area contributed by atoms with E-state index in [0.29, 0.717) is 5.69 Å². The fraction of sp³-hybridized carbons (Fsp3) is 0.333. The lowest BCUT2D eigenvalue weighted by atomic mass is 10.3. The second kappa shape index (κ2) is 4.48. The van der Waals surface area contributed by atoms with Crippen LogP contribution in [0.4, 0.5) is 23.2 Å². The van der Waals surface area contributed by atoms with Crippen molar-refractivity contribution in [1.82, 2.24) is 0 Å². The predicted molar refractivity (Wildman–Crippen MR) is 55.4 cm³/mol. The third-order valence-electron chi connectivity index (χ3n) is 1.70. The topological polar surface area (TPSA) is 21.3 Å². The number of nitrogens with one attached hydrogen (secondary N) is 1. The summed E-state index contributed by atoms with van der Waals surface area (Å²) in [4.78, 5) is -4.42. The minimum atomic E-state index is -4.61. The van der Waals surface area contributed by atoms with Crippen LogP contribution in [0.15, 0.2) is 24.3 Å². The van der Waals surface area contributed by atoms with E-state index in [9.17, 15) is 17.6 Å². The Balaban J connectivity index is 2.88. The summed E-state index contributed by atoms with van der Waals surface area (Å²) >= 11 is 1.57. The van der Waals surface area contributed by atoms with Gasteiger partial charge in [0.25, 0.3) is 0 Å². The zero-order valence-electron chi connectivity index (χ0n) is 8.11. The van der Waals surface area contributed by atoms with Crippen LogP contribution in [-0.4, -0.2) is 18.0 Å². The van der Waals surface area contributed by atoms with Gasteiger partial charge in [0.15, 0.2) is 0 Å². The highest BCUT2D eigenvalue weighted by molar-refractivity contribution is 9.10. The Hall–Kier alpha value is -0.980. The minimum Gasteiger partial charge on any atom is -0.427 e. The monoisotopic (exact) mass is 301 g/mol. The molecule has 0 fully saturated rings. The van der Waals surface area contributed by atoms with Gasteiger partial charge in [0, 0.05) is 34.7 Å². The van der Waals surface area contributed by atoms with Gasteiger partial charge in [0.1, 0.15) is 5.75 Å². The number of hydrogen-bond acceptors (Lipinski definition) is 2. The van der Waals surface area contributed by atoms with Crippen molar-refractivity contribution in [1.29, 1.82) is 0 Å². The maximum atomic E-state index is 12.8. The van der Waals surface area contributed by atoms with Gasteiger partial charge in [-0.3, -0.25) is 0 Å². The van der Waals surface area contributed by atoms with E-state index in [1.54, 1.807) is 29.0 Å². The number of benzene rings is 1. The molecule has 16 heavy (non-hydrogen) atoms. The molecule has 90 valence electrons. The first-order valence-corrected chi connectivity index (χ1v) is 4.97. The van der Waals surface area contributed by atoms with Crippen LogP contribution < -0.4 is 10.1 Å². The number of alkyl halides is 5. The highest BCUT2D eigenvalue weighted by Gasteiger charge is 2.57. The summed E-state index contributed by atoms with van der Waals surface area (Å²) in [7, 11) is 1.57. The van der Waals surface area contributed by atoms with Crippen LogP contribution in [0.25, 0.3) is 0 Å². The van der Waals surface area contributed by atoms with E-state index < -0.39 is 10.9 Å². The van der Waals surface area contributed by atoms with Crippen LogP contribution in [0.2, 0.25) is 0 Å². The maximum absolute atomic E-state index is 12.8. The highest BCUT2D eigenvalue weighted by atomic mass is 79.9. The van der Waals surface area contributed by atoms with Crippen molar-refractivity contribution in [3.05, 3.63) is 24.3 Å². The third-order valence-corrected chi connectivity index (χ3v) is 2.16. The smallest absolute Gasteiger partial charge is 0.427 e. The van der Waals surface area contributed by atoms with Crippen molar-refractivity contribution < 1.29 is 22.3 Å². The van der Waals surface area contributed by atoms with Gasteiger partial charge in [-0.2, -0.15) is 17.6 Å². The molecular weight excluding hydrogens is 294 g/mol. The van der Waals surface area contributed by atoms with Gasteiger partial charge < -0.3 is 10.1 Å². The van der Waals surface area contributed by atoms with E-state index in [1.807, 2.05) is 0 Å². The van der Waals surface area contributed by atoms with Crippen molar-refractivity contribution in [2.45, 2.75) is 10.9 Å². The van der Waals surface area contributed by atoms with Crippen molar-refractivity contribution in [2.24, 2.45) is 0 Å². The maximum Gasteiger partial charge on any atom is 0.475 e. The average Bonchev–Trinajstić information content (AvgIpc) is 2.15. The second-order valence-electron chi connectivity index (χ2n) is 2.89. The van der Waals surface area contributed by atoms with Crippen LogP contribution in [0.1, 0.15) is 0 Å². The number of anilines is 1.